The third-order valence-electron chi connectivity index (χ3n) is 6.06. The molecule has 0 aliphatic carbocycles. The van der Waals surface area contributed by atoms with Crippen molar-refractivity contribution < 1.29 is 4.42 Å². The summed E-state index contributed by atoms with van der Waals surface area (Å²) in [6.07, 6.45) is 0. The molecule has 6 rings (SSSR count). The van der Waals surface area contributed by atoms with Gasteiger partial charge in [0.1, 0.15) is 28.1 Å². The third-order valence-corrected chi connectivity index (χ3v) is 7.01. The van der Waals surface area contributed by atoms with Gasteiger partial charge in [0.05, 0.1) is 16.8 Å². The molecule has 3 aromatic heterocycles. The number of pyridine rings is 1. The minimum absolute atomic E-state index is 0.152. The first kappa shape index (κ1) is 20.6. The Morgan fingerprint density at radius 3 is 2.34 bits per heavy atom. The Morgan fingerprint density at radius 1 is 0.829 bits per heavy atom. The minimum atomic E-state index is -0.608. The van der Waals surface area contributed by atoms with Crippen molar-refractivity contribution >= 4 is 37.9 Å². The summed E-state index contributed by atoms with van der Waals surface area (Å²) in [5.41, 5.74) is 0.662. The lowest BCUT2D eigenvalue weighted by molar-refractivity contribution is 0.563. The van der Waals surface area contributed by atoms with E-state index in [1.807, 2.05) is 42.5 Å². The molecule has 164 valence electrons. The van der Waals surface area contributed by atoms with Crippen LogP contribution in [0.1, 0.15) is 11.1 Å². The van der Waals surface area contributed by atoms with Gasteiger partial charge in [0.25, 0.3) is 5.56 Å². The zero-order valence-corrected chi connectivity index (χ0v) is 18.8. The Kier molecular flexibility index (Phi) is 4.60. The maximum Gasteiger partial charge on any atom is 0.345 e. The molecule has 0 N–H and O–H groups in total. The molecule has 0 fully saturated rings. The van der Waals surface area contributed by atoms with Crippen LogP contribution in [-0.4, -0.2) is 4.40 Å². The van der Waals surface area contributed by atoms with Crippen molar-refractivity contribution in [3.8, 4) is 34.5 Å². The standard InChI is InChI=1S/C28H13N3O3S/c29-13-21-25(17-7-2-1-3-8-17)22(14-30)27-31(26(21)32)23(15-35-27)20-12-19-18-9-5-4-6-16(18)10-11-24(19)34-28(20)33/h1-12,15H. The van der Waals surface area contributed by atoms with Crippen molar-refractivity contribution in [2.45, 2.75) is 0 Å². The summed E-state index contributed by atoms with van der Waals surface area (Å²) in [6.45, 7) is 0. The topological polar surface area (TPSA) is 99.3 Å². The van der Waals surface area contributed by atoms with E-state index in [1.165, 1.54) is 15.7 Å². The lowest BCUT2D eigenvalue weighted by Gasteiger charge is -2.10. The monoisotopic (exact) mass is 471 g/mol. The van der Waals surface area contributed by atoms with Crippen molar-refractivity contribution in [3.05, 3.63) is 110 Å². The fourth-order valence-corrected chi connectivity index (χ4v) is 5.49. The van der Waals surface area contributed by atoms with Gasteiger partial charge in [-0.25, -0.2) is 4.79 Å². The SMILES string of the molecule is N#Cc1c(-c2ccccc2)c(C#N)c2scc(-c3cc4c(ccc5ccccc54)oc3=O)n2c1=O. The Balaban J connectivity index is 1.73. The number of rotatable bonds is 2. The first-order valence-corrected chi connectivity index (χ1v) is 11.5. The number of nitrogens with zero attached hydrogens (tertiary/aromatic N) is 3. The maximum atomic E-state index is 13.6. The van der Waals surface area contributed by atoms with Gasteiger partial charge in [-0.2, -0.15) is 10.5 Å². The molecule has 7 heteroatoms. The van der Waals surface area contributed by atoms with Crippen LogP contribution in [0.4, 0.5) is 0 Å². The van der Waals surface area contributed by atoms with E-state index >= 15 is 0 Å². The van der Waals surface area contributed by atoms with Gasteiger partial charge >= 0.3 is 5.63 Å². The van der Waals surface area contributed by atoms with Crippen LogP contribution >= 0.6 is 11.3 Å². The molecule has 0 saturated heterocycles. The molecule has 0 spiro atoms. The van der Waals surface area contributed by atoms with Crippen LogP contribution in [0.15, 0.2) is 92.2 Å². The molecule has 6 nitrogen and oxygen atoms in total. The van der Waals surface area contributed by atoms with E-state index < -0.39 is 11.2 Å². The lowest BCUT2D eigenvalue weighted by atomic mass is 9.97. The molecule has 6 aromatic rings. The minimum Gasteiger partial charge on any atom is -0.422 e. The van der Waals surface area contributed by atoms with Crippen LogP contribution in [0, 0.1) is 22.7 Å². The van der Waals surface area contributed by atoms with Gasteiger partial charge < -0.3 is 4.42 Å². The summed E-state index contributed by atoms with van der Waals surface area (Å²) >= 11 is 1.17. The second-order valence-electron chi connectivity index (χ2n) is 7.93. The van der Waals surface area contributed by atoms with Gasteiger partial charge in [-0.05, 0) is 28.5 Å². The predicted octanol–water partition coefficient (Wildman–Crippen LogP) is 5.70. The molecule has 0 aliphatic heterocycles. The number of thiazole rings is 1. The highest BCUT2D eigenvalue weighted by atomic mass is 32.1. The van der Waals surface area contributed by atoms with Gasteiger partial charge in [-0.15, -0.1) is 11.3 Å². The van der Waals surface area contributed by atoms with Gasteiger partial charge in [0.15, 0.2) is 0 Å². The molecular formula is C28H13N3O3S. The Labute approximate surface area is 201 Å². The van der Waals surface area contributed by atoms with Crippen molar-refractivity contribution in [2.75, 3.05) is 0 Å². The second kappa shape index (κ2) is 7.81. The zero-order chi connectivity index (χ0) is 24.1. The Morgan fingerprint density at radius 2 is 1.57 bits per heavy atom. The van der Waals surface area contributed by atoms with Crippen molar-refractivity contribution in [3.63, 3.8) is 0 Å². The summed E-state index contributed by atoms with van der Waals surface area (Å²) in [5, 5.41) is 24.2. The smallest absolute Gasteiger partial charge is 0.345 e. The van der Waals surface area contributed by atoms with Gasteiger partial charge in [-0.3, -0.25) is 9.20 Å². The largest absolute Gasteiger partial charge is 0.422 e. The van der Waals surface area contributed by atoms with Crippen LogP contribution in [0.5, 0.6) is 0 Å². The molecule has 35 heavy (non-hydrogen) atoms. The third kappa shape index (κ3) is 3.00. The summed E-state index contributed by atoms with van der Waals surface area (Å²) in [6, 6.07) is 26.1. The van der Waals surface area contributed by atoms with Crippen LogP contribution < -0.4 is 11.2 Å². The molecule has 0 aliphatic rings. The number of nitriles is 2. The number of hydrogen-bond donors (Lipinski definition) is 0. The highest BCUT2D eigenvalue weighted by Gasteiger charge is 2.24. The number of fused-ring (bicyclic) bond motifs is 4. The lowest BCUT2D eigenvalue weighted by Crippen LogP contribution is -2.20. The van der Waals surface area contributed by atoms with Crippen molar-refractivity contribution in [2.24, 2.45) is 0 Å². The molecule has 3 heterocycles. The quantitative estimate of drug-likeness (QED) is 0.238. The van der Waals surface area contributed by atoms with E-state index in [0.717, 1.165) is 16.2 Å². The van der Waals surface area contributed by atoms with Gasteiger partial charge in [0.2, 0.25) is 0 Å². The first-order valence-electron chi connectivity index (χ1n) is 10.6. The maximum absolute atomic E-state index is 13.6. The van der Waals surface area contributed by atoms with E-state index in [-0.39, 0.29) is 22.4 Å². The fraction of sp³-hybridized carbons (Fsp3) is 0. The summed E-state index contributed by atoms with van der Waals surface area (Å²) in [4.78, 5) is 26.9. The van der Waals surface area contributed by atoms with E-state index in [4.69, 9.17) is 4.42 Å². The van der Waals surface area contributed by atoms with Crippen molar-refractivity contribution in [1.29, 1.82) is 10.5 Å². The summed E-state index contributed by atoms with van der Waals surface area (Å²) < 4.78 is 6.90. The molecule has 0 unspecified atom stereocenters. The average molecular weight is 471 g/mol. The molecule has 0 saturated carbocycles. The number of hydrogen-bond acceptors (Lipinski definition) is 6. The van der Waals surface area contributed by atoms with Crippen molar-refractivity contribution in [1.82, 2.24) is 4.40 Å². The first-order chi connectivity index (χ1) is 17.1. The van der Waals surface area contributed by atoms with Crippen LogP contribution in [-0.2, 0) is 0 Å². The number of aromatic nitrogens is 1. The van der Waals surface area contributed by atoms with E-state index in [2.05, 4.69) is 6.07 Å². The zero-order valence-electron chi connectivity index (χ0n) is 18.0. The molecule has 0 radical (unpaired) electrons. The van der Waals surface area contributed by atoms with Crippen LogP contribution in [0.25, 0.3) is 49.0 Å². The Hall–Kier alpha value is -4.98. The molecule has 0 amide bonds. The molecule has 0 atom stereocenters. The Bertz CT molecular complexity index is 2020. The van der Waals surface area contributed by atoms with E-state index in [9.17, 15) is 20.1 Å². The van der Waals surface area contributed by atoms with Crippen LogP contribution in [0.3, 0.4) is 0 Å². The van der Waals surface area contributed by atoms with E-state index in [1.54, 1.807) is 41.8 Å². The highest BCUT2D eigenvalue weighted by Crippen LogP contribution is 2.34. The normalized spacial score (nSPS) is 11.0. The van der Waals surface area contributed by atoms with E-state index in [0.29, 0.717) is 21.5 Å². The number of benzene rings is 3. The summed E-state index contributed by atoms with van der Waals surface area (Å²) in [5.74, 6) is 0. The molecule has 3 aromatic carbocycles. The van der Waals surface area contributed by atoms with Gasteiger partial charge in [-0.1, -0.05) is 60.7 Å². The summed E-state index contributed by atoms with van der Waals surface area (Å²) in [7, 11) is 0. The predicted molar refractivity (Wildman–Crippen MR) is 135 cm³/mol. The second-order valence-corrected chi connectivity index (χ2v) is 8.79. The fourth-order valence-electron chi connectivity index (χ4n) is 4.48. The average Bonchev–Trinajstić information content (AvgIpc) is 3.33. The van der Waals surface area contributed by atoms with Gasteiger partial charge in [0, 0.05) is 16.3 Å². The highest BCUT2D eigenvalue weighted by molar-refractivity contribution is 7.16. The molecular weight excluding hydrogens is 458 g/mol. The molecule has 0 bridgehead atoms. The van der Waals surface area contributed by atoms with Crippen LogP contribution in [0.2, 0.25) is 0 Å².